The maximum Gasteiger partial charge on any atom is 0.270 e. The molecule has 0 radical (unpaired) electrons. The number of nitrogens with zero attached hydrogens (tertiary/aromatic N) is 3. The highest BCUT2D eigenvalue weighted by atomic mass is 35.5. The summed E-state index contributed by atoms with van der Waals surface area (Å²) in [6.07, 6.45) is 4.22. The third-order valence-corrected chi connectivity index (χ3v) is 4.84. The van der Waals surface area contributed by atoms with Crippen LogP contribution in [-0.2, 0) is 0 Å². The van der Waals surface area contributed by atoms with Crippen molar-refractivity contribution in [3.05, 3.63) is 80.9 Å². The van der Waals surface area contributed by atoms with Crippen molar-refractivity contribution in [2.24, 2.45) is 0 Å². The summed E-state index contributed by atoms with van der Waals surface area (Å²) < 4.78 is 0. The van der Waals surface area contributed by atoms with E-state index in [1.807, 2.05) is 18.2 Å². The first kappa shape index (κ1) is 19.1. The lowest BCUT2D eigenvalue weighted by Crippen LogP contribution is -2.48. The standard InChI is InChI=1S/C20H20ClN3O3/c21-19-15-17(24(26)27)8-9-18(19)20(25)23-13-11-22(12-14-23)10-4-7-16-5-2-1-3-6-16/h1-9,15H,10-14H2/b7-4+. The number of piperazine rings is 1. The second kappa shape index (κ2) is 8.79. The highest BCUT2D eigenvalue weighted by molar-refractivity contribution is 6.34. The summed E-state index contributed by atoms with van der Waals surface area (Å²) in [7, 11) is 0. The summed E-state index contributed by atoms with van der Waals surface area (Å²) in [4.78, 5) is 26.9. The zero-order valence-electron chi connectivity index (χ0n) is 14.8. The number of amides is 1. The number of hydrogen-bond donors (Lipinski definition) is 0. The number of benzene rings is 2. The Bertz CT molecular complexity index is 847. The maximum absolute atomic E-state index is 12.6. The molecule has 1 saturated heterocycles. The second-order valence-electron chi connectivity index (χ2n) is 6.33. The molecule has 1 amide bonds. The molecule has 2 aromatic rings. The zero-order valence-corrected chi connectivity index (χ0v) is 15.5. The van der Waals surface area contributed by atoms with Gasteiger partial charge in [-0.2, -0.15) is 0 Å². The van der Waals surface area contributed by atoms with Crippen LogP contribution in [0.25, 0.3) is 6.08 Å². The van der Waals surface area contributed by atoms with Crippen molar-refractivity contribution in [1.82, 2.24) is 9.80 Å². The Morgan fingerprint density at radius 3 is 2.44 bits per heavy atom. The number of hydrogen-bond acceptors (Lipinski definition) is 4. The fourth-order valence-electron chi connectivity index (χ4n) is 3.00. The lowest BCUT2D eigenvalue weighted by molar-refractivity contribution is -0.384. The van der Waals surface area contributed by atoms with Crippen molar-refractivity contribution in [1.29, 1.82) is 0 Å². The molecule has 1 fully saturated rings. The van der Waals surface area contributed by atoms with Crippen LogP contribution in [0.15, 0.2) is 54.6 Å². The van der Waals surface area contributed by atoms with Gasteiger partial charge in [-0.15, -0.1) is 0 Å². The molecule has 0 bridgehead atoms. The van der Waals surface area contributed by atoms with Crippen molar-refractivity contribution in [3.8, 4) is 0 Å². The van der Waals surface area contributed by atoms with E-state index in [-0.39, 0.29) is 16.6 Å². The summed E-state index contributed by atoms with van der Waals surface area (Å²) in [5, 5.41) is 10.9. The molecule has 140 valence electrons. The summed E-state index contributed by atoms with van der Waals surface area (Å²) in [6.45, 7) is 3.58. The van der Waals surface area contributed by atoms with Crippen LogP contribution < -0.4 is 0 Å². The first-order valence-electron chi connectivity index (χ1n) is 8.72. The highest BCUT2D eigenvalue weighted by Gasteiger charge is 2.24. The Kier molecular flexibility index (Phi) is 6.21. The smallest absolute Gasteiger partial charge is 0.270 e. The minimum Gasteiger partial charge on any atom is -0.336 e. The van der Waals surface area contributed by atoms with Gasteiger partial charge in [-0.1, -0.05) is 54.1 Å². The molecule has 0 aliphatic carbocycles. The molecule has 0 atom stereocenters. The van der Waals surface area contributed by atoms with Gasteiger partial charge in [-0.05, 0) is 11.6 Å². The van der Waals surface area contributed by atoms with Crippen molar-refractivity contribution < 1.29 is 9.72 Å². The Morgan fingerprint density at radius 1 is 1.11 bits per heavy atom. The number of nitro groups is 1. The fourth-order valence-corrected chi connectivity index (χ4v) is 3.25. The van der Waals surface area contributed by atoms with Gasteiger partial charge in [-0.25, -0.2) is 0 Å². The van der Waals surface area contributed by atoms with Crippen molar-refractivity contribution in [2.45, 2.75) is 0 Å². The molecule has 1 heterocycles. The molecule has 7 heteroatoms. The Morgan fingerprint density at radius 2 is 1.81 bits per heavy atom. The van der Waals surface area contributed by atoms with E-state index >= 15 is 0 Å². The molecule has 0 unspecified atom stereocenters. The molecule has 27 heavy (non-hydrogen) atoms. The van der Waals surface area contributed by atoms with Gasteiger partial charge in [0, 0.05) is 44.9 Å². The van der Waals surface area contributed by atoms with Crippen LogP contribution in [0.4, 0.5) is 5.69 Å². The van der Waals surface area contributed by atoms with E-state index in [9.17, 15) is 14.9 Å². The predicted molar refractivity (Wildman–Crippen MR) is 106 cm³/mol. The van der Waals surface area contributed by atoms with E-state index in [0.717, 1.165) is 19.6 Å². The molecule has 1 aliphatic heterocycles. The largest absolute Gasteiger partial charge is 0.336 e. The van der Waals surface area contributed by atoms with Crippen LogP contribution in [0.3, 0.4) is 0 Å². The molecule has 0 N–H and O–H groups in total. The predicted octanol–water partition coefficient (Wildman–Crippen LogP) is 3.72. The molecule has 0 spiro atoms. The monoisotopic (exact) mass is 385 g/mol. The molecule has 6 nitrogen and oxygen atoms in total. The Hall–Kier alpha value is -2.70. The minimum atomic E-state index is -0.526. The fraction of sp³-hybridized carbons (Fsp3) is 0.250. The van der Waals surface area contributed by atoms with Gasteiger partial charge in [0.2, 0.25) is 0 Å². The number of carbonyl (C=O) groups is 1. The average Bonchev–Trinajstić information content (AvgIpc) is 2.69. The third-order valence-electron chi connectivity index (χ3n) is 4.53. The van der Waals surface area contributed by atoms with Crippen LogP contribution in [0.1, 0.15) is 15.9 Å². The Balaban J connectivity index is 1.53. The van der Waals surface area contributed by atoms with Gasteiger partial charge >= 0.3 is 0 Å². The third kappa shape index (κ3) is 4.93. The molecule has 1 aliphatic rings. The first-order valence-corrected chi connectivity index (χ1v) is 9.09. The summed E-state index contributed by atoms with van der Waals surface area (Å²) in [5.74, 6) is -0.186. The van der Waals surface area contributed by atoms with Gasteiger partial charge in [0.1, 0.15) is 0 Å². The van der Waals surface area contributed by atoms with Crippen molar-refractivity contribution in [2.75, 3.05) is 32.7 Å². The van der Waals surface area contributed by atoms with E-state index in [4.69, 9.17) is 11.6 Å². The van der Waals surface area contributed by atoms with Crippen LogP contribution in [-0.4, -0.2) is 53.4 Å². The number of carbonyl (C=O) groups excluding carboxylic acids is 1. The number of halogens is 1. The van der Waals surface area contributed by atoms with Crippen LogP contribution in [0.5, 0.6) is 0 Å². The number of nitro benzene ring substituents is 1. The molecule has 0 saturated carbocycles. The normalized spacial score (nSPS) is 15.2. The highest BCUT2D eigenvalue weighted by Crippen LogP contribution is 2.24. The van der Waals surface area contributed by atoms with Crippen LogP contribution in [0.2, 0.25) is 5.02 Å². The quantitative estimate of drug-likeness (QED) is 0.581. The van der Waals surface area contributed by atoms with E-state index in [1.165, 1.54) is 23.8 Å². The summed E-state index contributed by atoms with van der Waals surface area (Å²) in [6, 6.07) is 14.1. The van der Waals surface area contributed by atoms with Crippen molar-refractivity contribution in [3.63, 3.8) is 0 Å². The molecular weight excluding hydrogens is 366 g/mol. The van der Waals surface area contributed by atoms with E-state index in [0.29, 0.717) is 18.7 Å². The van der Waals surface area contributed by atoms with Gasteiger partial charge < -0.3 is 4.90 Å². The lowest BCUT2D eigenvalue weighted by Gasteiger charge is -2.34. The van der Waals surface area contributed by atoms with Gasteiger partial charge in [0.05, 0.1) is 15.5 Å². The lowest BCUT2D eigenvalue weighted by atomic mass is 10.1. The Labute approximate surface area is 162 Å². The molecule has 0 aromatic heterocycles. The van der Waals surface area contributed by atoms with Gasteiger partial charge in [-0.3, -0.25) is 19.8 Å². The second-order valence-corrected chi connectivity index (χ2v) is 6.73. The van der Waals surface area contributed by atoms with E-state index < -0.39 is 4.92 Å². The SMILES string of the molecule is O=C(c1ccc([N+](=O)[O-])cc1Cl)N1CCN(C/C=C/c2ccccc2)CC1. The van der Waals surface area contributed by atoms with Crippen LogP contribution >= 0.6 is 11.6 Å². The molecular formula is C20H20ClN3O3. The van der Waals surface area contributed by atoms with E-state index in [2.05, 4.69) is 29.2 Å². The van der Waals surface area contributed by atoms with E-state index in [1.54, 1.807) is 4.90 Å². The first-order chi connectivity index (χ1) is 13.0. The number of non-ortho nitro benzene ring substituents is 1. The number of rotatable bonds is 5. The summed E-state index contributed by atoms with van der Waals surface area (Å²) in [5.41, 5.74) is 1.35. The summed E-state index contributed by atoms with van der Waals surface area (Å²) >= 11 is 6.07. The average molecular weight is 386 g/mol. The maximum atomic E-state index is 12.6. The van der Waals surface area contributed by atoms with Crippen molar-refractivity contribution >= 4 is 29.3 Å². The van der Waals surface area contributed by atoms with Gasteiger partial charge in [0.15, 0.2) is 0 Å². The van der Waals surface area contributed by atoms with Crippen LogP contribution in [0, 0.1) is 10.1 Å². The zero-order chi connectivity index (χ0) is 19.2. The molecule has 2 aromatic carbocycles. The minimum absolute atomic E-state index is 0.113. The van der Waals surface area contributed by atoms with Gasteiger partial charge in [0.25, 0.3) is 11.6 Å². The topological polar surface area (TPSA) is 66.7 Å². The molecule has 3 rings (SSSR count).